The van der Waals surface area contributed by atoms with Gasteiger partial charge in [-0.25, -0.2) is 13.2 Å². The Balaban J connectivity index is 2.36. The lowest BCUT2D eigenvalue weighted by Gasteiger charge is -2.13. The molecule has 0 radical (unpaired) electrons. The Kier molecular flexibility index (Phi) is 6.05. The summed E-state index contributed by atoms with van der Waals surface area (Å²) in [5.74, 6) is -0.00766. The number of fused-ring (bicyclic) bond motifs is 1. The van der Waals surface area contributed by atoms with E-state index in [2.05, 4.69) is 15.9 Å². The van der Waals surface area contributed by atoms with Crippen molar-refractivity contribution < 1.29 is 22.7 Å². The molecule has 0 amide bonds. The lowest BCUT2D eigenvalue weighted by atomic mass is 10.2. The summed E-state index contributed by atoms with van der Waals surface area (Å²) in [6, 6.07) is 12.4. The first-order chi connectivity index (χ1) is 13.6. The fourth-order valence-electron chi connectivity index (χ4n) is 3.21. The molecule has 3 aromatic rings. The topological polar surface area (TPSA) is 74.6 Å². The molecule has 154 valence electrons. The number of hydrogen-bond donors (Lipinski definition) is 0. The van der Waals surface area contributed by atoms with Crippen LogP contribution in [-0.4, -0.2) is 37.9 Å². The van der Waals surface area contributed by atoms with Crippen molar-refractivity contribution in [1.82, 2.24) is 4.57 Å². The molecule has 0 saturated carbocycles. The number of nitrogens with zero attached hydrogens (tertiary/aromatic N) is 1. The molecule has 0 fully saturated rings. The van der Waals surface area contributed by atoms with E-state index in [-0.39, 0.29) is 23.3 Å². The molecule has 0 spiro atoms. The number of rotatable bonds is 6. The van der Waals surface area contributed by atoms with Gasteiger partial charge >= 0.3 is 5.97 Å². The molecule has 0 bridgehead atoms. The number of hydrogen-bond acceptors (Lipinski definition) is 5. The van der Waals surface area contributed by atoms with Crippen molar-refractivity contribution in [3.63, 3.8) is 0 Å². The fraction of sp³-hybridized carbons (Fsp3) is 0.286. The molecule has 0 aliphatic rings. The van der Waals surface area contributed by atoms with E-state index < -0.39 is 15.8 Å². The van der Waals surface area contributed by atoms with E-state index in [1.807, 2.05) is 13.8 Å². The average Bonchev–Trinajstić information content (AvgIpc) is 2.96. The zero-order chi connectivity index (χ0) is 21.3. The van der Waals surface area contributed by atoms with Crippen LogP contribution in [0.1, 0.15) is 31.3 Å². The first kappa shape index (κ1) is 21.4. The second kappa shape index (κ2) is 8.20. The SMILES string of the molecule is CCOC(=O)c1c(S(C)(=O)=O)c2cc(Br)ccc2n1-c1ccc(OC(C)C)cc1. The molecule has 0 aliphatic heterocycles. The predicted octanol–water partition coefficient (Wildman–Crippen LogP) is 4.76. The Morgan fingerprint density at radius 3 is 2.34 bits per heavy atom. The van der Waals surface area contributed by atoms with Crippen LogP contribution in [0.3, 0.4) is 0 Å². The van der Waals surface area contributed by atoms with Gasteiger partial charge in [0.05, 0.1) is 18.2 Å². The van der Waals surface area contributed by atoms with Crippen LogP contribution < -0.4 is 4.74 Å². The molecule has 2 aromatic carbocycles. The highest BCUT2D eigenvalue weighted by Crippen LogP contribution is 2.35. The standard InChI is InChI=1S/C21H22BrNO5S/c1-5-27-21(24)19-20(29(4,25)26)17-12-14(22)6-11-18(17)23(19)15-7-9-16(10-8-15)28-13(2)3/h6-13H,5H2,1-4H3. The normalized spacial score (nSPS) is 11.8. The number of ether oxygens (including phenoxy) is 2. The van der Waals surface area contributed by atoms with Gasteiger partial charge < -0.3 is 14.0 Å². The van der Waals surface area contributed by atoms with Crippen LogP contribution in [0.5, 0.6) is 5.75 Å². The fourth-order valence-corrected chi connectivity index (χ4v) is 4.66. The van der Waals surface area contributed by atoms with Crippen LogP contribution >= 0.6 is 15.9 Å². The maximum atomic E-state index is 12.8. The van der Waals surface area contributed by atoms with Gasteiger partial charge in [-0.2, -0.15) is 0 Å². The third-order valence-corrected chi connectivity index (χ3v) is 5.84. The van der Waals surface area contributed by atoms with Gasteiger partial charge in [0, 0.05) is 21.8 Å². The summed E-state index contributed by atoms with van der Waals surface area (Å²) >= 11 is 3.39. The number of benzene rings is 2. The van der Waals surface area contributed by atoms with Crippen LogP contribution in [0.15, 0.2) is 51.8 Å². The van der Waals surface area contributed by atoms with Gasteiger partial charge in [0.2, 0.25) is 0 Å². The molecule has 3 rings (SSSR count). The van der Waals surface area contributed by atoms with Crippen molar-refractivity contribution in [2.24, 2.45) is 0 Å². The van der Waals surface area contributed by atoms with Crippen LogP contribution in [0.4, 0.5) is 0 Å². The Morgan fingerprint density at radius 1 is 1.14 bits per heavy atom. The lowest BCUT2D eigenvalue weighted by Crippen LogP contribution is -2.15. The smallest absolute Gasteiger partial charge is 0.356 e. The minimum absolute atomic E-state index is 0.0139. The average molecular weight is 480 g/mol. The highest BCUT2D eigenvalue weighted by molar-refractivity contribution is 9.10. The third kappa shape index (κ3) is 4.33. The summed E-state index contributed by atoms with van der Waals surface area (Å²) in [5.41, 5.74) is 1.21. The van der Waals surface area contributed by atoms with Crippen molar-refractivity contribution in [3.8, 4) is 11.4 Å². The number of carbonyl (C=O) groups is 1. The van der Waals surface area contributed by atoms with E-state index in [1.165, 1.54) is 0 Å². The molecule has 0 atom stereocenters. The van der Waals surface area contributed by atoms with Crippen LogP contribution in [0.2, 0.25) is 0 Å². The monoisotopic (exact) mass is 479 g/mol. The second-order valence-corrected chi connectivity index (χ2v) is 9.70. The van der Waals surface area contributed by atoms with Gasteiger partial charge in [0.25, 0.3) is 0 Å². The zero-order valence-electron chi connectivity index (χ0n) is 16.6. The first-order valence-electron chi connectivity index (χ1n) is 9.11. The quantitative estimate of drug-likeness (QED) is 0.476. The molecule has 0 saturated heterocycles. The van der Waals surface area contributed by atoms with Crippen LogP contribution in [0, 0.1) is 0 Å². The molecular formula is C21H22BrNO5S. The maximum Gasteiger partial charge on any atom is 0.356 e. The van der Waals surface area contributed by atoms with E-state index in [9.17, 15) is 13.2 Å². The summed E-state index contributed by atoms with van der Waals surface area (Å²) < 4.78 is 38.5. The van der Waals surface area contributed by atoms with Gasteiger partial charge in [0.1, 0.15) is 10.6 Å². The molecule has 0 N–H and O–H groups in total. The summed E-state index contributed by atoms with van der Waals surface area (Å²) in [6.07, 6.45) is 1.12. The van der Waals surface area contributed by atoms with E-state index in [0.29, 0.717) is 26.8 Å². The zero-order valence-corrected chi connectivity index (χ0v) is 19.0. The highest BCUT2D eigenvalue weighted by atomic mass is 79.9. The molecule has 29 heavy (non-hydrogen) atoms. The summed E-state index contributed by atoms with van der Waals surface area (Å²) in [7, 11) is -3.72. The van der Waals surface area contributed by atoms with E-state index in [1.54, 1.807) is 54.0 Å². The van der Waals surface area contributed by atoms with Crippen molar-refractivity contribution >= 4 is 42.6 Å². The number of sulfone groups is 1. The van der Waals surface area contributed by atoms with Crippen molar-refractivity contribution in [1.29, 1.82) is 0 Å². The number of halogens is 1. The molecular weight excluding hydrogens is 458 g/mol. The molecule has 6 nitrogen and oxygen atoms in total. The third-order valence-electron chi connectivity index (χ3n) is 4.19. The van der Waals surface area contributed by atoms with E-state index >= 15 is 0 Å². The predicted molar refractivity (Wildman–Crippen MR) is 116 cm³/mol. The lowest BCUT2D eigenvalue weighted by molar-refractivity contribution is 0.0513. The number of aromatic nitrogens is 1. The van der Waals surface area contributed by atoms with E-state index in [0.717, 1.165) is 6.26 Å². The molecule has 1 heterocycles. The molecule has 8 heteroatoms. The highest BCUT2D eigenvalue weighted by Gasteiger charge is 2.30. The second-order valence-electron chi connectivity index (χ2n) is 6.83. The summed E-state index contributed by atoms with van der Waals surface area (Å²) in [4.78, 5) is 12.8. The van der Waals surface area contributed by atoms with Gasteiger partial charge in [-0.05, 0) is 63.2 Å². The summed E-state index contributed by atoms with van der Waals surface area (Å²) in [6.45, 7) is 5.68. The maximum absolute atomic E-state index is 12.8. The molecule has 1 aromatic heterocycles. The van der Waals surface area contributed by atoms with Crippen molar-refractivity contribution in [2.45, 2.75) is 31.8 Å². The number of esters is 1. The van der Waals surface area contributed by atoms with Crippen molar-refractivity contribution in [2.75, 3.05) is 12.9 Å². The summed E-state index contributed by atoms with van der Waals surface area (Å²) in [5, 5.41) is 0.451. The van der Waals surface area contributed by atoms with Crippen LogP contribution in [0.25, 0.3) is 16.6 Å². The Morgan fingerprint density at radius 2 is 1.79 bits per heavy atom. The molecule has 0 unspecified atom stereocenters. The number of carbonyl (C=O) groups excluding carboxylic acids is 1. The largest absolute Gasteiger partial charge is 0.491 e. The van der Waals surface area contributed by atoms with Crippen LogP contribution in [-0.2, 0) is 14.6 Å². The molecule has 0 aliphatic carbocycles. The van der Waals surface area contributed by atoms with Gasteiger partial charge in [0.15, 0.2) is 15.5 Å². The first-order valence-corrected chi connectivity index (χ1v) is 11.8. The van der Waals surface area contributed by atoms with Gasteiger partial charge in [-0.15, -0.1) is 0 Å². The minimum atomic E-state index is -3.72. The van der Waals surface area contributed by atoms with E-state index in [4.69, 9.17) is 9.47 Å². The minimum Gasteiger partial charge on any atom is -0.491 e. The van der Waals surface area contributed by atoms with Gasteiger partial charge in [-0.1, -0.05) is 15.9 Å². The van der Waals surface area contributed by atoms with Gasteiger partial charge in [-0.3, -0.25) is 0 Å². The van der Waals surface area contributed by atoms with Crippen molar-refractivity contribution in [3.05, 3.63) is 52.6 Å². The Labute approximate surface area is 178 Å². The Hall–Kier alpha value is -2.32. The Bertz CT molecular complexity index is 1160.